The van der Waals surface area contributed by atoms with Crippen molar-refractivity contribution in [3.05, 3.63) is 46.5 Å². The minimum absolute atomic E-state index is 0.0888. The Kier molecular flexibility index (Phi) is 3.47. The van der Waals surface area contributed by atoms with Gasteiger partial charge in [0.1, 0.15) is 0 Å². The third-order valence-electron chi connectivity index (χ3n) is 4.07. The van der Waals surface area contributed by atoms with Crippen LogP contribution in [0.4, 0.5) is 0 Å². The van der Waals surface area contributed by atoms with E-state index in [1.54, 1.807) is 13.0 Å². The predicted octanol–water partition coefficient (Wildman–Crippen LogP) is 0.810. The van der Waals surface area contributed by atoms with Crippen LogP contribution in [0.2, 0.25) is 0 Å². The molecule has 0 atom stereocenters. The second-order valence-corrected chi connectivity index (χ2v) is 8.76. The molecule has 7 nitrogen and oxygen atoms in total. The van der Waals surface area contributed by atoms with Crippen molar-refractivity contribution in [2.24, 2.45) is 10.3 Å². The number of carbonyl (C=O) groups is 1. The van der Waals surface area contributed by atoms with E-state index in [1.165, 1.54) is 25.1 Å². The van der Waals surface area contributed by atoms with Crippen LogP contribution in [-0.2, 0) is 20.0 Å². The number of fused-ring (bicyclic) bond motifs is 3. The van der Waals surface area contributed by atoms with E-state index in [2.05, 4.69) is 0 Å². The van der Waals surface area contributed by atoms with Crippen LogP contribution in [0.1, 0.15) is 27.0 Å². The lowest BCUT2D eigenvalue weighted by molar-refractivity contribution is 0.104. The standard InChI is InChI=1S/C15H14N2O5S2/c1-7-5-11-10-4-3-9(23(16,19)20)6-12(10)14(18)13(11)8(2)15(7)24(17,21)22/h3-6H,1-2H3,(H2,16,19,20)(H2,17,21,22). The number of aryl methyl sites for hydroxylation is 1. The summed E-state index contributed by atoms with van der Waals surface area (Å²) < 4.78 is 46.6. The zero-order chi connectivity index (χ0) is 18.0. The van der Waals surface area contributed by atoms with Crippen LogP contribution in [-0.4, -0.2) is 22.6 Å². The lowest BCUT2D eigenvalue weighted by Crippen LogP contribution is -2.17. The molecule has 1 aliphatic rings. The molecule has 0 unspecified atom stereocenters. The topological polar surface area (TPSA) is 137 Å². The molecule has 1 aliphatic carbocycles. The molecule has 0 radical (unpaired) electrons. The van der Waals surface area contributed by atoms with Gasteiger partial charge in [0, 0.05) is 11.1 Å². The molecule has 2 aromatic carbocycles. The number of nitrogens with two attached hydrogens (primary N) is 2. The highest BCUT2D eigenvalue weighted by Crippen LogP contribution is 2.41. The quantitative estimate of drug-likeness (QED) is 0.691. The Morgan fingerprint density at radius 1 is 0.833 bits per heavy atom. The second-order valence-electron chi connectivity index (χ2n) is 5.70. The molecule has 0 heterocycles. The van der Waals surface area contributed by atoms with Gasteiger partial charge in [-0.1, -0.05) is 6.07 Å². The van der Waals surface area contributed by atoms with Crippen LogP contribution in [0, 0.1) is 13.8 Å². The largest absolute Gasteiger partial charge is 0.289 e. The number of hydrogen-bond donors (Lipinski definition) is 2. The Morgan fingerprint density at radius 2 is 1.46 bits per heavy atom. The molecule has 0 aliphatic heterocycles. The number of benzene rings is 2. The monoisotopic (exact) mass is 366 g/mol. The Bertz CT molecular complexity index is 1130. The second kappa shape index (κ2) is 4.96. The highest BCUT2D eigenvalue weighted by molar-refractivity contribution is 7.89. The van der Waals surface area contributed by atoms with Crippen molar-refractivity contribution in [3.8, 4) is 11.1 Å². The zero-order valence-corrected chi connectivity index (χ0v) is 14.5. The fraction of sp³-hybridized carbons (Fsp3) is 0.133. The average molecular weight is 366 g/mol. The van der Waals surface area contributed by atoms with Gasteiger partial charge < -0.3 is 0 Å². The van der Waals surface area contributed by atoms with Crippen LogP contribution in [0.25, 0.3) is 11.1 Å². The molecule has 0 saturated heterocycles. The lowest BCUT2D eigenvalue weighted by atomic mass is 9.98. The minimum atomic E-state index is -4.00. The summed E-state index contributed by atoms with van der Waals surface area (Å²) in [7, 11) is -7.95. The van der Waals surface area contributed by atoms with Gasteiger partial charge in [-0.25, -0.2) is 27.1 Å². The molecule has 4 N–H and O–H groups in total. The molecule has 126 valence electrons. The van der Waals surface area contributed by atoms with E-state index in [1.807, 2.05) is 0 Å². The summed E-state index contributed by atoms with van der Waals surface area (Å²) in [4.78, 5) is 12.4. The van der Waals surface area contributed by atoms with E-state index in [-0.39, 0.29) is 26.5 Å². The van der Waals surface area contributed by atoms with E-state index in [0.717, 1.165) is 0 Å². The molecule has 2 aromatic rings. The summed E-state index contributed by atoms with van der Waals surface area (Å²) >= 11 is 0. The van der Waals surface area contributed by atoms with Crippen molar-refractivity contribution in [1.82, 2.24) is 0 Å². The maximum atomic E-state index is 12.7. The SMILES string of the molecule is Cc1cc2c(c(C)c1S(N)(=O)=O)C(=O)c1cc(S(N)(=O)=O)ccc1-2. The van der Waals surface area contributed by atoms with E-state index >= 15 is 0 Å². The van der Waals surface area contributed by atoms with Gasteiger partial charge in [0.25, 0.3) is 0 Å². The van der Waals surface area contributed by atoms with E-state index in [9.17, 15) is 21.6 Å². The summed E-state index contributed by atoms with van der Waals surface area (Å²) in [6.07, 6.45) is 0. The zero-order valence-electron chi connectivity index (χ0n) is 12.8. The highest BCUT2D eigenvalue weighted by Gasteiger charge is 2.33. The predicted molar refractivity (Wildman–Crippen MR) is 87.5 cm³/mol. The van der Waals surface area contributed by atoms with Crippen molar-refractivity contribution in [3.63, 3.8) is 0 Å². The molecule has 9 heteroatoms. The number of primary sulfonamides is 2. The summed E-state index contributed by atoms with van der Waals surface area (Å²) in [6, 6.07) is 5.59. The van der Waals surface area contributed by atoms with Gasteiger partial charge in [-0.3, -0.25) is 4.79 Å². The summed E-state index contributed by atoms with van der Waals surface area (Å²) in [5.41, 5.74) is 2.15. The number of sulfonamides is 2. The number of ketones is 1. The van der Waals surface area contributed by atoms with Crippen molar-refractivity contribution >= 4 is 25.8 Å². The van der Waals surface area contributed by atoms with Crippen molar-refractivity contribution < 1.29 is 21.6 Å². The first-order chi connectivity index (χ1) is 10.9. The lowest BCUT2D eigenvalue weighted by Gasteiger charge is -2.12. The number of rotatable bonds is 2. The van der Waals surface area contributed by atoms with Gasteiger partial charge in [-0.05, 0) is 54.3 Å². The van der Waals surface area contributed by atoms with E-state index in [4.69, 9.17) is 10.3 Å². The summed E-state index contributed by atoms with van der Waals surface area (Å²) in [5.74, 6) is -0.451. The Balaban J connectivity index is 2.36. The van der Waals surface area contributed by atoms with Crippen molar-refractivity contribution in [1.29, 1.82) is 0 Å². The number of hydrogen-bond acceptors (Lipinski definition) is 5. The van der Waals surface area contributed by atoms with Gasteiger partial charge >= 0.3 is 0 Å². The fourth-order valence-electron chi connectivity index (χ4n) is 3.17. The molecule has 24 heavy (non-hydrogen) atoms. The van der Waals surface area contributed by atoms with Gasteiger partial charge in [0.05, 0.1) is 9.79 Å². The Hall–Kier alpha value is -2.07. The average Bonchev–Trinajstić information content (AvgIpc) is 2.69. The number of carbonyl (C=O) groups excluding carboxylic acids is 1. The molecule has 0 aromatic heterocycles. The van der Waals surface area contributed by atoms with Crippen molar-refractivity contribution in [2.75, 3.05) is 0 Å². The van der Waals surface area contributed by atoms with Crippen LogP contribution in [0.3, 0.4) is 0 Å². The first-order valence-corrected chi connectivity index (χ1v) is 9.91. The Labute approximate surface area is 139 Å². The molecule has 3 rings (SSSR count). The van der Waals surface area contributed by atoms with Crippen LogP contribution < -0.4 is 10.3 Å². The molecule has 0 saturated carbocycles. The smallest absolute Gasteiger partial charge is 0.238 e. The summed E-state index contributed by atoms with van der Waals surface area (Å²) in [5, 5.41) is 10.4. The molecular weight excluding hydrogens is 352 g/mol. The van der Waals surface area contributed by atoms with Gasteiger partial charge in [-0.2, -0.15) is 0 Å². The normalized spacial score (nSPS) is 13.8. The van der Waals surface area contributed by atoms with Gasteiger partial charge in [0.2, 0.25) is 20.0 Å². The third-order valence-corrected chi connectivity index (χ3v) is 6.18. The van der Waals surface area contributed by atoms with E-state index in [0.29, 0.717) is 16.7 Å². The maximum Gasteiger partial charge on any atom is 0.238 e. The molecule has 0 bridgehead atoms. The first-order valence-electron chi connectivity index (χ1n) is 6.82. The molecule has 0 fully saturated rings. The van der Waals surface area contributed by atoms with Crippen LogP contribution in [0.15, 0.2) is 34.1 Å². The maximum absolute atomic E-state index is 12.7. The first kappa shape index (κ1) is 16.8. The Morgan fingerprint density at radius 3 is 2.00 bits per heavy atom. The van der Waals surface area contributed by atoms with E-state index < -0.39 is 25.8 Å². The fourth-order valence-corrected chi connectivity index (χ4v) is 4.74. The van der Waals surface area contributed by atoms with Crippen LogP contribution >= 0.6 is 0 Å². The third kappa shape index (κ3) is 2.37. The van der Waals surface area contributed by atoms with Crippen molar-refractivity contribution in [2.45, 2.75) is 23.6 Å². The molecular formula is C15H14N2O5S2. The minimum Gasteiger partial charge on any atom is -0.289 e. The van der Waals surface area contributed by atoms with Crippen LogP contribution in [0.5, 0.6) is 0 Å². The molecule has 0 amide bonds. The highest BCUT2D eigenvalue weighted by atomic mass is 32.2. The molecule has 0 spiro atoms. The van der Waals surface area contributed by atoms with Gasteiger partial charge in [-0.15, -0.1) is 0 Å². The van der Waals surface area contributed by atoms with Gasteiger partial charge in [0.15, 0.2) is 5.78 Å². The summed E-state index contributed by atoms with van der Waals surface area (Å²) in [6.45, 7) is 3.10.